The van der Waals surface area contributed by atoms with Crippen LogP contribution < -0.4 is 5.32 Å². The first kappa shape index (κ1) is 16.2. The molecule has 0 bridgehead atoms. The third kappa shape index (κ3) is 4.98. The fourth-order valence-corrected chi connectivity index (χ4v) is 2.20. The van der Waals surface area contributed by atoms with Crippen LogP contribution in [0.1, 0.15) is 29.2 Å². The predicted octanol–water partition coefficient (Wildman–Crippen LogP) is 1.96. The molecule has 1 amide bonds. The highest BCUT2D eigenvalue weighted by atomic mass is 16.3. The number of amides is 1. The van der Waals surface area contributed by atoms with Crippen molar-refractivity contribution in [1.82, 2.24) is 5.32 Å². The Morgan fingerprint density at radius 3 is 2.27 bits per heavy atom. The van der Waals surface area contributed by atoms with Crippen molar-refractivity contribution < 1.29 is 15.0 Å². The fourth-order valence-electron chi connectivity index (χ4n) is 2.20. The van der Waals surface area contributed by atoms with Crippen LogP contribution in [0.3, 0.4) is 0 Å². The van der Waals surface area contributed by atoms with Crippen molar-refractivity contribution >= 4 is 5.91 Å². The van der Waals surface area contributed by atoms with Crippen LogP contribution in [0.5, 0.6) is 0 Å². The molecule has 1 unspecified atom stereocenters. The zero-order chi connectivity index (χ0) is 15.8. The molecular weight excluding hydrogens is 278 g/mol. The third-order valence-electron chi connectivity index (χ3n) is 3.50. The lowest BCUT2D eigenvalue weighted by atomic mass is 10.1. The van der Waals surface area contributed by atoms with Gasteiger partial charge in [-0.1, -0.05) is 54.6 Å². The molecule has 116 valence electrons. The first-order chi connectivity index (χ1) is 10.7. The molecule has 22 heavy (non-hydrogen) atoms. The molecule has 2 rings (SSSR count). The average Bonchev–Trinajstić information content (AvgIpc) is 2.56. The molecule has 2 aromatic carbocycles. The molecule has 4 heteroatoms. The standard InChI is InChI=1S/C18H21NO3/c20-13-15-8-6-14(7-9-15)10-11-19-18(22)12-17(21)16-4-2-1-3-5-16/h1-9,17,20-21H,10-13H2,(H,19,22). The van der Waals surface area contributed by atoms with Gasteiger partial charge in [0.05, 0.1) is 19.1 Å². The Labute approximate surface area is 130 Å². The highest BCUT2D eigenvalue weighted by Gasteiger charge is 2.12. The number of carbonyl (C=O) groups excluding carboxylic acids is 1. The summed E-state index contributed by atoms with van der Waals surface area (Å²) in [5.41, 5.74) is 2.72. The summed E-state index contributed by atoms with van der Waals surface area (Å²) in [6.07, 6.45) is 0.0110. The van der Waals surface area contributed by atoms with Gasteiger partial charge in [-0.2, -0.15) is 0 Å². The molecular formula is C18H21NO3. The van der Waals surface area contributed by atoms with Crippen molar-refractivity contribution in [3.05, 3.63) is 71.3 Å². The van der Waals surface area contributed by atoms with E-state index in [4.69, 9.17) is 5.11 Å². The summed E-state index contributed by atoms with van der Waals surface area (Å²) < 4.78 is 0. The lowest BCUT2D eigenvalue weighted by Crippen LogP contribution is -2.27. The van der Waals surface area contributed by atoms with E-state index in [1.54, 1.807) is 12.1 Å². The van der Waals surface area contributed by atoms with E-state index in [0.29, 0.717) is 6.54 Å². The smallest absolute Gasteiger partial charge is 0.222 e. The lowest BCUT2D eigenvalue weighted by molar-refractivity contribution is -0.123. The summed E-state index contributed by atoms with van der Waals surface area (Å²) in [4.78, 5) is 11.8. The van der Waals surface area contributed by atoms with Crippen LogP contribution >= 0.6 is 0 Å². The molecule has 2 aromatic rings. The Kier molecular flexibility index (Phi) is 6.13. The molecule has 0 aliphatic rings. The minimum Gasteiger partial charge on any atom is -0.392 e. The van der Waals surface area contributed by atoms with E-state index < -0.39 is 6.10 Å². The van der Waals surface area contributed by atoms with Crippen LogP contribution in [-0.2, 0) is 17.8 Å². The number of nitrogens with one attached hydrogen (secondary N) is 1. The van der Waals surface area contributed by atoms with Crippen molar-refractivity contribution in [3.8, 4) is 0 Å². The third-order valence-corrected chi connectivity index (χ3v) is 3.50. The Morgan fingerprint density at radius 1 is 1.00 bits per heavy atom. The Bertz CT molecular complexity index is 581. The van der Waals surface area contributed by atoms with Crippen molar-refractivity contribution in [2.75, 3.05) is 6.54 Å². The van der Waals surface area contributed by atoms with Crippen LogP contribution in [0, 0.1) is 0 Å². The van der Waals surface area contributed by atoms with E-state index in [9.17, 15) is 9.90 Å². The number of hydrogen-bond acceptors (Lipinski definition) is 3. The van der Waals surface area contributed by atoms with E-state index in [0.717, 1.165) is 23.1 Å². The minimum absolute atomic E-state index is 0.0361. The summed E-state index contributed by atoms with van der Waals surface area (Å²) in [6.45, 7) is 0.563. The quantitative estimate of drug-likeness (QED) is 0.732. The summed E-state index contributed by atoms with van der Waals surface area (Å²) in [6, 6.07) is 16.8. The molecule has 0 fully saturated rings. The van der Waals surface area contributed by atoms with Gasteiger partial charge in [-0.25, -0.2) is 0 Å². The van der Waals surface area contributed by atoms with Gasteiger partial charge in [0.1, 0.15) is 0 Å². The lowest BCUT2D eigenvalue weighted by Gasteiger charge is -2.11. The monoisotopic (exact) mass is 299 g/mol. The maximum atomic E-state index is 11.8. The summed E-state index contributed by atoms with van der Waals surface area (Å²) in [5.74, 6) is -0.164. The molecule has 4 nitrogen and oxygen atoms in total. The van der Waals surface area contributed by atoms with Crippen LogP contribution in [0.2, 0.25) is 0 Å². The van der Waals surface area contributed by atoms with E-state index >= 15 is 0 Å². The van der Waals surface area contributed by atoms with Gasteiger partial charge in [0.2, 0.25) is 5.91 Å². The second kappa shape index (κ2) is 8.32. The number of aliphatic hydroxyl groups excluding tert-OH is 2. The zero-order valence-corrected chi connectivity index (χ0v) is 12.4. The number of rotatable bonds is 7. The topological polar surface area (TPSA) is 69.6 Å². The van der Waals surface area contributed by atoms with Gasteiger partial charge < -0.3 is 15.5 Å². The second-order valence-corrected chi connectivity index (χ2v) is 5.21. The van der Waals surface area contributed by atoms with Gasteiger partial charge in [-0.3, -0.25) is 4.79 Å². The average molecular weight is 299 g/mol. The van der Waals surface area contributed by atoms with Crippen LogP contribution in [0.4, 0.5) is 0 Å². The van der Waals surface area contributed by atoms with E-state index in [-0.39, 0.29) is 18.9 Å². The molecule has 0 aliphatic carbocycles. The van der Waals surface area contributed by atoms with Gasteiger partial charge in [-0.05, 0) is 23.1 Å². The molecule has 0 saturated heterocycles. The van der Waals surface area contributed by atoms with Crippen LogP contribution in [-0.4, -0.2) is 22.7 Å². The maximum absolute atomic E-state index is 11.8. The van der Waals surface area contributed by atoms with E-state index in [2.05, 4.69) is 5.32 Å². The van der Waals surface area contributed by atoms with Gasteiger partial charge in [0.15, 0.2) is 0 Å². The summed E-state index contributed by atoms with van der Waals surface area (Å²) in [7, 11) is 0. The van der Waals surface area contributed by atoms with Gasteiger partial charge in [0.25, 0.3) is 0 Å². The number of benzene rings is 2. The van der Waals surface area contributed by atoms with Crippen molar-refractivity contribution in [3.63, 3.8) is 0 Å². The Morgan fingerprint density at radius 2 is 1.64 bits per heavy atom. The molecule has 3 N–H and O–H groups in total. The molecule has 0 saturated carbocycles. The SMILES string of the molecule is O=C(CC(O)c1ccccc1)NCCc1ccc(CO)cc1. The van der Waals surface area contributed by atoms with E-state index in [1.807, 2.05) is 42.5 Å². The van der Waals surface area contributed by atoms with E-state index in [1.165, 1.54) is 0 Å². The largest absolute Gasteiger partial charge is 0.392 e. The second-order valence-electron chi connectivity index (χ2n) is 5.21. The minimum atomic E-state index is -0.773. The van der Waals surface area contributed by atoms with Crippen molar-refractivity contribution in [2.24, 2.45) is 0 Å². The normalized spacial score (nSPS) is 11.9. The molecule has 0 aromatic heterocycles. The number of hydrogen-bond donors (Lipinski definition) is 3. The van der Waals surface area contributed by atoms with Crippen LogP contribution in [0.15, 0.2) is 54.6 Å². The Balaban J connectivity index is 1.73. The molecule has 0 spiro atoms. The van der Waals surface area contributed by atoms with Gasteiger partial charge >= 0.3 is 0 Å². The van der Waals surface area contributed by atoms with Crippen LogP contribution in [0.25, 0.3) is 0 Å². The maximum Gasteiger partial charge on any atom is 0.222 e. The fraction of sp³-hybridized carbons (Fsp3) is 0.278. The predicted molar refractivity (Wildman–Crippen MR) is 85.1 cm³/mol. The number of carbonyl (C=O) groups is 1. The first-order valence-corrected chi connectivity index (χ1v) is 7.37. The highest BCUT2D eigenvalue weighted by molar-refractivity contribution is 5.76. The summed E-state index contributed by atoms with van der Waals surface area (Å²) in [5, 5.41) is 21.8. The zero-order valence-electron chi connectivity index (χ0n) is 12.4. The van der Waals surface area contributed by atoms with Crippen molar-refractivity contribution in [2.45, 2.75) is 25.6 Å². The Hall–Kier alpha value is -2.17. The molecule has 0 heterocycles. The molecule has 0 radical (unpaired) electrons. The first-order valence-electron chi connectivity index (χ1n) is 7.37. The van der Waals surface area contributed by atoms with Gasteiger partial charge in [0, 0.05) is 6.54 Å². The molecule has 1 atom stereocenters. The number of aliphatic hydroxyl groups is 2. The summed E-state index contributed by atoms with van der Waals surface area (Å²) >= 11 is 0. The van der Waals surface area contributed by atoms with Crippen molar-refractivity contribution in [1.29, 1.82) is 0 Å². The van der Waals surface area contributed by atoms with Gasteiger partial charge in [-0.15, -0.1) is 0 Å². The molecule has 0 aliphatic heterocycles. The highest BCUT2D eigenvalue weighted by Crippen LogP contribution is 2.15.